The van der Waals surface area contributed by atoms with Gasteiger partial charge in [0, 0.05) is 20.3 Å². The zero-order chi connectivity index (χ0) is 20.3. The maximum atomic E-state index is 13.0. The second-order valence-electron chi connectivity index (χ2n) is 4.67. The SMILES string of the molecule is [2H]C1C(n2c(C([2H])([2H])[2H])nc3cccc(N)c3c2=O)C(=O)CC(=O)C1([2H])[2H]. The lowest BCUT2D eigenvalue weighted by atomic mass is 9.92. The van der Waals surface area contributed by atoms with Crippen molar-refractivity contribution in [3.63, 3.8) is 0 Å². The first kappa shape index (κ1) is 8.07. The van der Waals surface area contributed by atoms with E-state index in [0.717, 1.165) is 0 Å². The van der Waals surface area contributed by atoms with Gasteiger partial charge in [0.2, 0.25) is 0 Å². The van der Waals surface area contributed by atoms with Crippen LogP contribution in [-0.4, -0.2) is 21.1 Å². The number of nitrogens with two attached hydrogens (primary N) is 1. The average molecular weight is 291 g/mol. The standard InChI is InChI=1S/C15H15N3O3/c1-8-17-11-4-2-3-10(16)14(11)15(21)18(8)12-6-5-9(19)7-13(12)20/h2-4,12H,5-7,16H2,1H3/i1D3,5D2,6D. The first-order chi connectivity index (χ1) is 12.4. The van der Waals surface area contributed by atoms with E-state index in [1.165, 1.54) is 18.2 Å². The Balaban J connectivity index is 2.41. The van der Waals surface area contributed by atoms with E-state index < -0.39 is 55.0 Å². The molecular weight excluding hydrogens is 270 g/mol. The van der Waals surface area contributed by atoms with Crippen LogP contribution in [-0.2, 0) is 9.59 Å². The normalized spacial score (nSPS) is 29.9. The van der Waals surface area contributed by atoms with E-state index in [2.05, 4.69) is 4.98 Å². The lowest BCUT2D eigenvalue weighted by Crippen LogP contribution is -2.36. The summed E-state index contributed by atoms with van der Waals surface area (Å²) in [5, 5.41) is -0.136. The Morgan fingerprint density at radius 3 is 3.00 bits per heavy atom. The Morgan fingerprint density at radius 1 is 1.43 bits per heavy atom. The van der Waals surface area contributed by atoms with Crippen molar-refractivity contribution in [3.05, 3.63) is 34.4 Å². The van der Waals surface area contributed by atoms with E-state index in [0.29, 0.717) is 4.57 Å². The van der Waals surface area contributed by atoms with Gasteiger partial charge in [-0.2, -0.15) is 0 Å². The average Bonchev–Trinajstić information content (AvgIpc) is 2.54. The van der Waals surface area contributed by atoms with Crippen LogP contribution in [0.1, 0.15) is 39.3 Å². The fourth-order valence-electron chi connectivity index (χ4n) is 2.32. The van der Waals surface area contributed by atoms with Crippen molar-refractivity contribution in [3.8, 4) is 0 Å². The van der Waals surface area contributed by atoms with Gasteiger partial charge in [-0.05, 0) is 25.4 Å². The number of aromatic nitrogens is 2. The second kappa shape index (κ2) is 4.80. The van der Waals surface area contributed by atoms with Gasteiger partial charge < -0.3 is 5.73 Å². The van der Waals surface area contributed by atoms with Gasteiger partial charge >= 0.3 is 0 Å². The number of carbonyl (C=O) groups is 2. The number of fused-ring (bicyclic) bond motifs is 1. The molecule has 0 amide bonds. The number of nitrogens with zero attached hydrogens (tertiary/aromatic N) is 2. The number of benzene rings is 1. The molecule has 0 radical (unpaired) electrons. The van der Waals surface area contributed by atoms with Gasteiger partial charge in [-0.1, -0.05) is 6.07 Å². The minimum Gasteiger partial charge on any atom is -0.398 e. The summed E-state index contributed by atoms with van der Waals surface area (Å²) in [5.41, 5.74) is 4.84. The molecule has 6 nitrogen and oxygen atoms in total. The van der Waals surface area contributed by atoms with Crippen molar-refractivity contribution in [2.75, 3.05) is 5.73 Å². The van der Waals surface area contributed by atoms with Crippen LogP contribution in [0, 0.1) is 6.85 Å². The highest BCUT2D eigenvalue weighted by molar-refractivity contribution is 6.03. The van der Waals surface area contributed by atoms with Crippen LogP contribution in [0.5, 0.6) is 0 Å². The predicted octanol–water partition coefficient (Wildman–Crippen LogP) is 1.15. The summed E-state index contributed by atoms with van der Waals surface area (Å²) in [4.78, 5) is 41.2. The molecule has 1 saturated carbocycles. The van der Waals surface area contributed by atoms with Gasteiger partial charge in [0.25, 0.3) is 5.56 Å². The molecule has 2 atom stereocenters. The molecule has 0 saturated heterocycles. The Hall–Kier alpha value is -2.50. The number of hydrogen-bond donors (Lipinski definition) is 1. The number of Topliss-reactive ketones (excluding diaryl/α,β-unsaturated/α-hetero) is 2. The molecular formula is C15H15N3O3. The third-order valence-corrected chi connectivity index (χ3v) is 3.31. The van der Waals surface area contributed by atoms with Crippen molar-refractivity contribution >= 4 is 28.2 Å². The molecule has 0 spiro atoms. The smallest absolute Gasteiger partial charge is 0.264 e. The monoisotopic (exact) mass is 291 g/mol. The molecule has 1 aromatic heterocycles. The van der Waals surface area contributed by atoms with Crippen LogP contribution >= 0.6 is 0 Å². The van der Waals surface area contributed by atoms with Crippen LogP contribution in [0.2, 0.25) is 0 Å². The molecule has 3 rings (SSSR count). The lowest BCUT2D eigenvalue weighted by molar-refractivity contribution is -0.132. The Kier molecular flexibility index (Phi) is 1.84. The fourth-order valence-corrected chi connectivity index (χ4v) is 2.32. The van der Waals surface area contributed by atoms with Crippen LogP contribution in [0.15, 0.2) is 23.0 Å². The molecule has 1 aliphatic rings. The number of nitrogen functional groups attached to an aromatic ring is 1. The van der Waals surface area contributed by atoms with Crippen LogP contribution in [0.4, 0.5) is 5.69 Å². The topological polar surface area (TPSA) is 95.1 Å². The third kappa shape index (κ3) is 2.12. The van der Waals surface area contributed by atoms with Crippen molar-refractivity contribution in [2.24, 2.45) is 0 Å². The Bertz CT molecular complexity index is 1030. The van der Waals surface area contributed by atoms with Gasteiger partial charge in [0.1, 0.15) is 11.6 Å². The lowest BCUT2D eigenvalue weighted by Gasteiger charge is -2.24. The molecule has 0 aliphatic heterocycles. The first-order valence-electron chi connectivity index (χ1n) is 9.24. The summed E-state index contributed by atoms with van der Waals surface area (Å²) in [6.07, 6.45) is -5.57. The first-order valence-corrected chi connectivity index (χ1v) is 6.17. The number of carbonyl (C=O) groups excluding carboxylic acids is 2. The van der Waals surface area contributed by atoms with Gasteiger partial charge in [-0.15, -0.1) is 0 Å². The molecule has 2 N–H and O–H groups in total. The van der Waals surface area contributed by atoms with Crippen LogP contribution in [0.3, 0.4) is 0 Å². The zero-order valence-electron chi connectivity index (χ0n) is 16.8. The van der Waals surface area contributed by atoms with E-state index in [1.54, 1.807) is 0 Å². The number of aryl methyl sites for hydroxylation is 1. The van der Waals surface area contributed by atoms with E-state index in [9.17, 15) is 14.4 Å². The Labute approximate surface area is 129 Å². The highest BCUT2D eigenvalue weighted by Gasteiger charge is 2.30. The van der Waals surface area contributed by atoms with E-state index in [1.807, 2.05) is 0 Å². The molecule has 0 bridgehead atoms. The maximum absolute atomic E-state index is 13.0. The van der Waals surface area contributed by atoms with Gasteiger partial charge in [0.15, 0.2) is 5.78 Å². The summed E-state index contributed by atoms with van der Waals surface area (Å²) in [6, 6.07) is 2.45. The molecule has 1 aromatic carbocycles. The molecule has 1 fully saturated rings. The molecule has 2 aromatic rings. The Morgan fingerprint density at radius 2 is 2.24 bits per heavy atom. The van der Waals surface area contributed by atoms with Gasteiger partial charge in [0.05, 0.1) is 23.4 Å². The summed E-state index contributed by atoms with van der Waals surface area (Å²) in [6.45, 7) is -2.92. The van der Waals surface area contributed by atoms with Crippen molar-refractivity contribution in [1.29, 1.82) is 0 Å². The quantitative estimate of drug-likeness (QED) is 0.628. The molecule has 2 unspecified atom stereocenters. The van der Waals surface area contributed by atoms with E-state index in [4.69, 9.17) is 14.0 Å². The summed E-state index contributed by atoms with van der Waals surface area (Å²) >= 11 is 0. The zero-order valence-corrected chi connectivity index (χ0v) is 10.8. The van der Waals surface area contributed by atoms with Gasteiger partial charge in [-0.25, -0.2) is 4.98 Å². The summed E-state index contributed by atoms with van der Waals surface area (Å²) < 4.78 is 47.2. The van der Waals surface area contributed by atoms with Crippen LogP contribution < -0.4 is 11.3 Å². The van der Waals surface area contributed by atoms with E-state index in [-0.39, 0.29) is 16.6 Å². The number of anilines is 1. The molecule has 1 heterocycles. The summed E-state index contributed by atoms with van der Waals surface area (Å²) in [7, 11) is 0. The highest BCUT2D eigenvalue weighted by Crippen LogP contribution is 2.24. The minimum absolute atomic E-state index is 0.000262. The largest absolute Gasteiger partial charge is 0.398 e. The molecule has 21 heavy (non-hydrogen) atoms. The molecule has 108 valence electrons. The number of rotatable bonds is 1. The highest BCUT2D eigenvalue weighted by atomic mass is 16.2. The summed E-state index contributed by atoms with van der Waals surface area (Å²) in [5.74, 6) is -2.76. The maximum Gasteiger partial charge on any atom is 0.264 e. The van der Waals surface area contributed by atoms with Crippen LogP contribution in [0.25, 0.3) is 10.9 Å². The predicted molar refractivity (Wildman–Crippen MR) is 78.1 cm³/mol. The fraction of sp³-hybridized carbons (Fsp3) is 0.333. The van der Waals surface area contributed by atoms with Crippen molar-refractivity contribution < 1.29 is 17.8 Å². The van der Waals surface area contributed by atoms with E-state index >= 15 is 0 Å². The number of hydrogen-bond acceptors (Lipinski definition) is 5. The van der Waals surface area contributed by atoms with Gasteiger partial charge in [-0.3, -0.25) is 19.0 Å². The number of ketones is 2. The molecule has 1 aliphatic carbocycles. The van der Waals surface area contributed by atoms with Crippen molar-refractivity contribution in [2.45, 2.75) is 32.1 Å². The molecule has 6 heteroatoms. The minimum atomic E-state index is -2.92. The van der Waals surface area contributed by atoms with Crippen molar-refractivity contribution in [1.82, 2.24) is 9.55 Å². The second-order valence-corrected chi connectivity index (χ2v) is 4.67. The third-order valence-electron chi connectivity index (χ3n) is 3.31.